The first-order chi connectivity index (χ1) is 15.3. The first-order valence-electron chi connectivity index (χ1n) is 9.09. The molecule has 1 aromatic heterocycles. The molecule has 0 radical (unpaired) electrons. The molecule has 2 aromatic carbocycles. The zero-order valence-corrected chi connectivity index (χ0v) is 21.4. The number of pyridine rings is 1. The second kappa shape index (κ2) is 11.1. The van der Waals surface area contributed by atoms with Gasteiger partial charge in [-0.3, -0.25) is 10.4 Å². The van der Waals surface area contributed by atoms with Crippen molar-refractivity contribution in [1.29, 1.82) is 5.41 Å². The van der Waals surface area contributed by atoms with E-state index < -0.39 is 5.97 Å². The molecule has 1 atom stereocenters. The molecule has 0 amide bonds. The zero-order valence-electron chi connectivity index (χ0n) is 16.7. The predicted octanol–water partition coefficient (Wildman–Crippen LogP) is 6.11. The van der Waals surface area contributed by atoms with Crippen LogP contribution in [-0.4, -0.2) is 23.8 Å². The summed E-state index contributed by atoms with van der Waals surface area (Å²) in [5, 5.41) is 12.8. The third kappa shape index (κ3) is 5.61. The predicted molar refractivity (Wildman–Crippen MR) is 139 cm³/mol. The average Bonchev–Trinajstić information content (AvgIpc) is 2.78. The summed E-state index contributed by atoms with van der Waals surface area (Å²) < 4.78 is 10.6. The molecule has 0 bridgehead atoms. The van der Waals surface area contributed by atoms with Gasteiger partial charge in [-0.05, 0) is 52.4 Å². The lowest BCUT2D eigenvalue weighted by molar-refractivity contribution is 0.0602. The number of nitrogens with zero attached hydrogens (tertiary/aromatic N) is 1. The number of carbonyl (C=O) groups is 1. The third-order valence-electron chi connectivity index (χ3n) is 4.52. The van der Waals surface area contributed by atoms with Crippen molar-refractivity contribution in [3.8, 4) is 5.75 Å². The summed E-state index contributed by atoms with van der Waals surface area (Å²) in [6.07, 6.45) is 3.41. The van der Waals surface area contributed by atoms with E-state index in [4.69, 9.17) is 43.8 Å². The Morgan fingerprint density at radius 1 is 1.19 bits per heavy atom. The lowest BCUT2D eigenvalue weighted by atomic mass is 9.98. The van der Waals surface area contributed by atoms with Crippen LogP contribution in [0.2, 0.25) is 10.0 Å². The summed E-state index contributed by atoms with van der Waals surface area (Å²) in [6, 6.07) is 10.2. The Bertz CT molecular complexity index is 1160. The van der Waals surface area contributed by atoms with Crippen LogP contribution in [0.15, 0.2) is 48.8 Å². The Labute approximate surface area is 209 Å². The van der Waals surface area contributed by atoms with Gasteiger partial charge in [0.25, 0.3) is 0 Å². The number of methoxy groups -OCH3 is 1. The van der Waals surface area contributed by atoms with Gasteiger partial charge >= 0.3 is 5.97 Å². The Kier molecular flexibility index (Phi) is 8.53. The van der Waals surface area contributed by atoms with Crippen molar-refractivity contribution in [2.45, 2.75) is 6.61 Å². The van der Waals surface area contributed by atoms with Gasteiger partial charge < -0.3 is 20.3 Å². The van der Waals surface area contributed by atoms with E-state index in [0.717, 1.165) is 5.69 Å². The molecule has 0 saturated carbocycles. The van der Waals surface area contributed by atoms with Gasteiger partial charge in [-0.1, -0.05) is 29.3 Å². The van der Waals surface area contributed by atoms with Crippen molar-refractivity contribution in [3.05, 3.63) is 81.1 Å². The van der Waals surface area contributed by atoms with Crippen molar-refractivity contribution >= 4 is 74.7 Å². The zero-order chi connectivity index (χ0) is 23.3. The summed E-state index contributed by atoms with van der Waals surface area (Å²) >= 11 is 14.6. The maximum absolute atomic E-state index is 11.8. The molecule has 0 aliphatic heterocycles. The quantitative estimate of drug-likeness (QED) is 0.0944. The lowest BCUT2D eigenvalue weighted by Gasteiger charge is -2.15. The highest BCUT2D eigenvalue weighted by molar-refractivity contribution is 14.2. The average molecular weight is 603 g/mol. The molecule has 0 fully saturated rings. The number of aromatic nitrogens is 1. The third-order valence-corrected chi connectivity index (χ3v) is 6.35. The van der Waals surface area contributed by atoms with Gasteiger partial charge in [-0.2, -0.15) is 0 Å². The Balaban J connectivity index is 1.91. The highest BCUT2D eigenvalue weighted by Crippen LogP contribution is 2.32. The molecule has 0 aliphatic carbocycles. The SMILES string of the molecule is COC(=O)c1ccc(C(=N)c2cc(OCc3c(Cl)cncc3Cl)ccc2NPI)cc1N. The number of nitrogens with one attached hydrogen (secondary N) is 2. The van der Waals surface area contributed by atoms with Crippen molar-refractivity contribution in [1.82, 2.24) is 4.98 Å². The van der Waals surface area contributed by atoms with Gasteiger partial charge in [-0.25, -0.2) is 4.79 Å². The minimum absolute atomic E-state index is 0.147. The van der Waals surface area contributed by atoms with Crippen molar-refractivity contribution < 1.29 is 14.3 Å². The Morgan fingerprint density at radius 3 is 2.53 bits per heavy atom. The van der Waals surface area contributed by atoms with Crippen molar-refractivity contribution in [3.63, 3.8) is 0 Å². The Hall–Kier alpha value is -2.13. The first-order valence-corrected chi connectivity index (χ1v) is 14.0. The topological polar surface area (TPSA) is 110 Å². The number of carbonyl (C=O) groups excluding carboxylic acids is 1. The highest BCUT2D eigenvalue weighted by Gasteiger charge is 2.16. The van der Waals surface area contributed by atoms with Gasteiger partial charge in [0, 0.05) is 46.8 Å². The number of nitrogens with two attached hydrogens (primary N) is 1. The van der Waals surface area contributed by atoms with Crippen LogP contribution < -0.4 is 15.6 Å². The summed E-state index contributed by atoms with van der Waals surface area (Å²) in [5.41, 5.74) is 9.27. The first kappa shape index (κ1) is 24.5. The van der Waals surface area contributed by atoms with Crippen molar-refractivity contribution in [2.75, 3.05) is 17.9 Å². The minimum Gasteiger partial charge on any atom is -0.489 e. The minimum atomic E-state index is -0.530. The molecule has 0 spiro atoms. The summed E-state index contributed by atoms with van der Waals surface area (Å²) in [6.45, 7) is 0.147. The van der Waals surface area contributed by atoms with Gasteiger partial charge in [0.1, 0.15) is 12.4 Å². The van der Waals surface area contributed by atoms with Crippen molar-refractivity contribution in [2.24, 2.45) is 0 Å². The van der Waals surface area contributed by atoms with E-state index in [2.05, 4.69) is 32.1 Å². The number of halogens is 3. The van der Waals surface area contributed by atoms with E-state index in [1.165, 1.54) is 19.5 Å². The summed E-state index contributed by atoms with van der Waals surface area (Å²) in [4.78, 5) is 15.7. The second-order valence-electron chi connectivity index (χ2n) is 6.47. The number of ether oxygens (including phenoxy) is 2. The largest absolute Gasteiger partial charge is 0.489 e. The molecule has 11 heteroatoms. The lowest BCUT2D eigenvalue weighted by Crippen LogP contribution is -2.09. The molecule has 1 unspecified atom stereocenters. The van der Waals surface area contributed by atoms with E-state index in [0.29, 0.717) is 38.9 Å². The maximum atomic E-state index is 11.8. The summed E-state index contributed by atoms with van der Waals surface area (Å²) in [5.74, 6) is 0.00747. The number of benzene rings is 2. The molecule has 1 heterocycles. The molecule has 7 nitrogen and oxygen atoms in total. The molecular weight excluding hydrogens is 585 g/mol. The van der Waals surface area contributed by atoms with Gasteiger partial charge in [-0.15, -0.1) is 0 Å². The Morgan fingerprint density at radius 2 is 1.91 bits per heavy atom. The molecule has 166 valence electrons. The van der Waals surface area contributed by atoms with Crippen LogP contribution in [0.5, 0.6) is 5.75 Å². The van der Waals surface area contributed by atoms with E-state index in [9.17, 15) is 4.79 Å². The van der Waals surface area contributed by atoms with Crippen LogP contribution in [0, 0.1) is 5.41 Å². The molecule has 3 aromatic rings. The van der Waals surface area contributed by atoms with Gasteiger partial charge in [0.2, 0.25) is 0 Å². The summed E-state index contributed by atoms with van der Waals surface area (Å²) in [7, 11) is 1.29. The number of hydrogen-bond donors (Lipinski definition) is 3. The monoisotopic (exact) mass is 602 g/mol. The molecule has 4 N–H and O–H groups in total. The fourth-order valence-electron chi connectivity index (χ4n) is 2.88. The second-order valence-corrected chi connectivity index (χ2v) is 9.34. The van der Waals surface area contributed by atoms with Crippen LogP contribution in [0.3, 0.4) is 0 Å². The molecule has 0 saturated heterocycles. The van der Waals surface area contributed by atoms with E-state index in [1.807, 2.05) is 6.07 Å². The number of hydrogen-bond acceptors (Lipinski definition) is 7. The van der Waals surface area contributed by atoms with Crippen LogP contribution in [-0.2, 0) is 11.3 Å². The number of anilines is 2. The number of esters is 1. The van der Waals surface area contributed by atoms with Crippen LogP contribution in [0.25, 0.3) is 0 Å². The van der Waals surface area contributed by atoms with E-state index in [1.54, 1.807) is 30.3 Å². The van der Waals surface area contributed by atoms with Gasteiger partial charge in [0.15, 0.2) is 0 Å². The number of rotatable bonds is 8. The van der Waals surface area contributed by atoms with Crippen LogP contribution in [0.1, 0.15) is 27.0 Å². The molecule has 3 rings (SSSR count). The maximum Gasteiger partial charge on any atom is 0.339 e. The van der Waals surface area contributed by atoms with E-state index in [-0.39, 0.29) is 23.6 Å². The fourth-order valence-corrected chi connectivity index (χ4v) is 4.55. The highest BCUT2D eigenvalue weighted by atomic mass is 127. The standard InChI is InChI=1S/C21H18Cl2IN4O3P/c1-30-21(29)13-4-2-11(6-18(13)25)20(26)14-7-12(3-5-19(14)28-32-24)31-10-15-16(22)8-27-9-17(15)23/h2-9,26,28,32H,10,25H2,1H3. The number of nitrogen functional groups attached to an aromatic ring is 1. The molecule has 0 aliphatic rings. The normalized spacial score (nSPS) is 10.9. The van der Waals surface area contributed by atoms with Crippen LogP contribution in [0.4, 0.5) is 11.4 Å². The van der Waals surface area contributed by atoms with Crippen LogP contribution >= 0.6 is 51.6 Å². The fraction of sp³-hybridized carbons (Fsp3) is 0.0952. The van der Waals surface area contributed by atoms with E-state index >= 15 is 0 Å². The smallest absolute Gasteiger partial charge is 0.339 e. The molecular formula is C21H18Cl2IN4O3P. The van der Waals surface area contributed by atoms with Gasteiger partial charge in [0.05, 0.1) is 28.4 Å². The molecule has 32 heavy (non-hydrogen) atoms.